The Hall–Kier alpha value is -2.45. The van der Waals surface area contributed by atoms with E-state index in [-0.39, 0.29) is 11.4 Å². The lowest BCUT2D eigenvalue weighted by molar-refractivity contribution is -0.143. The van der Waals surface area contributed by atoms with Gasteiger partial charge >= 0.3 is 5.97 Å². The molecule has 2 aromatic rings. The summed E-state index contributed by atoms with van der Waals surface area (Å²) in [6.45, 7) is 9.87. The quantitative estimate of drug-likeness (QED) is 0.129. The van der Waals surface area contributed by atoms with Gasteiger partial charge in [-0.15, -0.1) is 11.8 Å². The molecule has 0 aliphatic carbocycles. The zero-order valence-corrected chi connectivity index (χ0v) is 23.3. The molecule has 36 heavy (non-hydrogen) atoms. The minimum Gasteiger partial charge on any atom is -0.493 e. The van der Waals surface area contributed by atoms with E-state index in [4.69, 9.17) is 9.47 Å². The van der Waals surface area contributed by atoms with Gasteiger partial charge in [-0.1, -0.05) is 52.0 Å². The van der Waals surface area contributed by atoms with E-state index in [1.807, 2.05) is 30.9 Å². The minimum absolute atomic E-state index is 0.0848. The van der Waals surface area contributed by atoms with Crippen molar-refractivity contribution in [1.29, 1.82) is 0 Å². The van der Waals surface area contributed by atoms with Crippen molar-refractivity contribution in [2.75, 3.05) is 19.0 Å². The maximum absolute atomic E-state index is 11.5. The summed E-state index contributed by atoms with van der Waals surface area (Å²) in [4.78, 5) is 17.3. The van der Waals surface area contributed by atoms with Crippen LogP contribution in [0.15, 0.2) is 35.4 Å². The van der Waals surface area contributed by atoms with Gasteiger partial charge in [0.25, 0.3) is 0 Å². The fourth-order valence-corrected chi connectivity index (χ4v) is 5.32. The maximum atomic E-state index is 11.5. The van der Waals surface area contributed by atoms with Crippen molar-refractivity contribution in [3.8, 4) is 17.6 Å². The molecular formula is C31H41NO3S. The molecule has 0 radical (unpaired) electrons. The van der Waals surface area contributed by atoms with Crippen molar-refractivity contribution >= 4 is 17.7 Å². The molecule has 1 aromatic heterocycles. The second kappa shape index (κ2) is 14.3. The zero-order chi connectivity index (χ0) is 25.8. The van der Waals surface area contributed by atoms with Crippen LogP contribution in [0.25, 0.3) is 0 Å². The number of aryl methyl sites for hydroxylation is 1. The predicted octanol–water partition coefficient (Wildman–Crippen LogP) is 7.49. The highest BCUT2D eigenvalue weighted by Crippen LogP contribution is 2.41. The standard InChI is InChI=1S/C31H41NO3S/c1-5-7-8-11-20-36-29-22-28-27(31(3,4)18-19-35-28)21-25(29)15-17-26-16-14-24(23-32-26)12-9-10-13-30(33)34-6-2/h14,16,21-23H,5-13,18-20H2,1-4H3. The van der Waals surface area contributed by atoms with Crippen LogP contribution in [0, 0.1) is 11.8 Å². The number of hydrogen-bond acceptors (Lipinski definition) is 5. The number of carbonyl (C=O) groups is 1. The first-order chi connectivity index (χ1) is 17.4. The van der Waals surface area contributed by atoms with E-state index in [1.165, 1.54) is 41.7 Å². The number of carbonyl (C=O) groups excluding carboxylic acids is 1. The molecule has 4 nitrogen and oxygen atoms in total. The monoisotopic (exact) mass is 507 g/mol. The number of ether oxygens (including phenoxy) is 2. The third kappa shape index (κ3) is 8.59. The molecule has 0 atom stereocenters. The summed E-state index contributed by atoms with van der Waals surface area (Å²) in [7, 11) is 0. The summed E-state index contributed by atoms with van der Waals surface area (Å²) >= 11 is 1.89. The van der Waals surface area contributed by atoms with Crippen LogP contribution in [-0.2, 0) is 21.4 Å². The van der Waals surface area contributed by atoms with Crippen molar-refractivity contribution in [3.05, 3.63) is 52.8 Å². The molecule has 1 aromatic carbocycles. The Morgan fingerprint density at radius 3 is 2.72 bits per heavy atom. The Bertz CT molecular complexity index is 1050. The number of fused-ring (bicyclic) bond motifs is 1. The number of thioether (sulfide) groups is 1. The number of hydrogen-bond donors (Lipinski definition) is 0. The van der Waals surface area contributed by atoms with Crippen LogP contribution in [0.5, 0.6) is 5.75 Å². The molecule has 1 aliphatic rings. The van der Waals surface area contributed by atoms with Crippen LogP contribution >= 0.6 is 11.8 Å². The number of rotatable bonds is 12. The molecule has 0 amide bonds. The Morgan fingerprint density at radius 2 is 1.97 bits per heavy atom. The second-order valence-electron chi connectivity index (χ2n) is 10.0. The van der Waals surface area contributed by atoms with E-state index < -0.39 is 0 Å². The Morgan fingerprint density at radius 1 is 1.11 bits per heavy atom. The molecule has 0 saturated heterocycles. The Kier molecular flexibility index (Phi) is 11.2. The van der Waals surface area contributed by atoms with Crippen molar-refractivity contribution in [3.63, 3.8) is 0 Å². The van der Waals surface area contributed by atoms with Crippen molar-refractivity contribution in [1.82, 2.24) is 4.98 Å². The molecule has 2 heterocycles. The maximum Gasteiger partial charge on any atom is 0.305 e. The number of nitrogens with zero attached hydrogens (tertiary/aromatic N) is 1. The first kappa shape index (κ1) is 28.1. The van der Waals surface area contributed by atoms with Crippen LogP contribution in [0.3, 0.4) is 0 Å². The fraction of sp³-hybridized carbons (Fsp3) is 0.548. The Labute approximate surface area is 222 Å². The molecule has 3 rings (SSSR count). The summed E-state index contributed by atoms with van der Waals surface area (Å²) in [5.41, 5.74) is 4.34. The minimum atomic E-state index is -0.114. The van der Waals surface area contributed by atoms with Gasteiger partial charge in [0.15, 0.2) is 0 Å². The number of benzene rings is 1. The van der Waals surface area contributed by atoms with Crippen LogP contribution in [0.4, 0.5) is 0 Å². The van der Waals surface area contributed by atoms with Gasteiger partial charge in [0.1, 0.15) is 11.4 Å². The molecule has 0 N–H and O–H groups in total. The van der Waals surface area contributed by atoms with Crippen molar-refractivity contribution in [2.24, 2.45) is 0 Å². The lowest BCUT2D eigenvalue weighted by Crippen LogP contribution is -2.26. The van der Waals surface area contributed by atoms with E-state index in [0.29, 0.717) is 13.0 Å². The van der Waals surface area contributed by atoms with Gasteiger partial charge < -0.3 is 9.47 Å². The highest BCUT2D eigenvalue weighted by atomic mass is 32.2. The SMILES string of the molecule is CCCCCCSc1cc2c(cc1C#Cc1ccc(CCCCC(=O)OCC)cn1)C(C)(C)CCO2. The van der Waals surface area contributed by atoms with E-state index in [0.717, 1.165) is 55.0 Å². The number of aromatic nitrogens is 1. The predicted molar refractivity (Wildman–Crippen MR) is 149 cm³/mol. The topological polar surface area (TPSA) is 48.4 Å². The number of pyridine rings is 1. The summed E-state index contributed by atoms with van der Waals surface area (Å²) in [5.74, 6) is 8.71. The molecular weight excluding hydrogens is 466 g/mol. The third-order valence-electron chi connectivity index (χ3n) is 6.60. The van der Waals surface area contributed by atoms with Crippen LogP contribution in [0.1, 0.15) is 101 Å². The van der Waals surface area contributed by atoms with Gasteiger partial charge in [0.2, 0.25) is 0 Å². The molecule has 0 unspecified atom stereocenters. The second-order valence-corrected chi connectivity index (χ2v) is 11.2. The zero-order valence-electron chi connectivity index (χ0n) is 22.5. The fourth-order valence-electron chi connectivity index (χ4n) is 4.30. The van der Waals surface area contributed by atoms with E-state index in [1.54, 1.807) is 0 Å². The molecule has 0 spiro atoms. The lowest BCUT2D eigenvalue weighted by atomic mass is 9.79. The molecule has 1 aliphatic heterocycles. The number of esters is 1. The summed E-state index contributed by atoms with van der Waals surface area (Å²) in [6, 6.07) is 8.54. The van der Waals surface area contributed by atoms with Gasteiger partial charge in [0.05, 0.1) is 13.2 Å². The van der Waals surface area contributed by atoms with Crippen molar-refractivity contribution in [2.45, 2.75) is 95.8 Å². The molecule has 0 saturated carbocycles. The number of unbranched alkanes of at least 4 members (excludes halogenated alkanes) is 4. The van der Waals surface area contributed by atoms with Gasteiger partial charge in [-0.3, -0.25) is 4.79 Å². The Balaban J connectivity index is 1.69. The smallest absolute Gasteiger partial charge is 0.305 e. The molecule has 194 valence electrons. The van der Waals surface area contributed by atoms with E-state index in [2.05, 4.69) is 55.8 Å². The summed E-state index contributed by atoms with van der Waals surface area (Å²) < 4.78 is 11.0. The first-order valence-corrected chi connectivity index (χ1v) is 14.5. The van der Waals surface area contributed by atoms with Gasteiger partial charge in [0, 0.05) is 28.6 Å². The molecule has 0 fully saturated rings. The van der Waals surface area contributed by atoms with Gasteiger partial charge in [-0.2, -0.15) is 0 Å². The lowest BCUT2D eigenvalue weighted by Gasteiger charge is -2.33. The highest BCUT2D eigenvalue weighted by molar-refractivity contribution is 7.99. The van der Waals surface area contributed by atoms with E-state index in [9.17, 15) is 4.79 Å². The van der Waals surface area contributed by atoms with Crippen LogP contribution < -0.4 is 4.74 Å². The molecule has 0 bridgehead atoms. The normalized spacial score (nSPS) is 13.8. The first-order valence-electron chi connectivity index (χ1n) is 13.5. The average Bonchev–Trinajstić information content (AvgIpc) is 2.86. The van der Waals surface area contributed by atoms with Crippen LogP contribution in [0.2, 0.25) is 0 Å². The summed E-state index contributed by atoms with van der Waals surface area (Å²) in [5, 5.41) is 0. The molecule has 5 heteroatoms. The van der Waals surface area contributed by atoms with Gasteiger partial charge in [-0.25, -0.2) is 4.98 Å². The van der Waals surface area contributed by atoms with Crippen LogP contribution in [-0.4, -0.2) is 29.9 Å². The van der Waals surface area contributed by atoms with Gasteiger partial charge in [-0.05, 0) is 79.9 Å². The van der Waals surface area contributed by atoms with Crippen molar-refractivity contribution < 1.29 is 14.3 Å². The summed E-state index contributed by atoms with van der Waals surface area (Å²) in [6.07, 6.45) is 11.1. The van der Waals surface area contributed by atoms with E-state index >= 15 is 0 Å². The third-order valence-corrected chi connectivity index (χ3v) is 7.74. The largest absolute Gasteiger partial charge is 0.493 e. The average molecular weight is 508 g/mol. The highest BCUT2D eigenvalue weighted by Gasteiger charge is 2.29.